The van der Waals surface area contributed by atoms with E-state index in [-0.39, 0.29) is 0 Å². The van der Waals surface area contributed by atoms with Crippen molar-refractivity contribution >= 4 is 11.8 Å². The van der Waals surface area contributed by atoms with Crippen molar-refractivity contribution in [3.8, 4) is 11.5 Å². The van der Waals surface area contributed by atoms with Crippen molar-refractivity contribution in [1.29, 1.82) is 0 Å². The van der Waals surface area contributed by atoms with Crippen LogP contribution < -0.4 is 9.47 Å². The molecule has 0 aromatic heterocycles. The van der Waals surface area contributed by atoms with Gasteiger partial charge in [0.25, 0.3) is 0 Å². The van der Waals surface area contributed by atoms with E-state index in [0.717, 1.165) is 29.4 Å². The molecule has 0 bridgehead atoms. The fourth-order valence-electron chi connectivity index (χ4n) is 1.96. The third-order valence-electron chi connectivity index (χ3n) is 2.95. The Morgan fingerprint density at radius 3 is 2.75 bits per heavy atom. The molecule has 0 N–H and O–H groups in total. The molecule has 0 unspecified atom stereocenters. The number of rotatable bonds is 6. The molecule has 104 valence electrons. The van der Waals surface area contributed by atoms with Crippen LogP contribution in [0.4, 0.5) is 0 Å². The van der Waals surface area contributed by atoms with Crippen molar-refractivity contribution in [3.63, 3.8) is 0 Å². The SMILES string of the molecule is c1ccc(SCCOCc2ccc3c(c2)OCO3)cc1. The Hall–Kier alpha value is -1.65. The minimum Gasteiger partial charge on any atom is -0.454 e. The van der Waals surface area contributed by atoms with Crippen molar-refractivity contribution in [2.75, 3.05) is 19.2 Å². The molecule has 1 heterocycles. The molecular formula is C16H16O3S. The Labute approximate surface area is 122 Å². The average Bonchev–Trinajstić information content (AvgIpc) is 2.95. The first-order valence-electron chi connectivity index (χ1n) is 6.56. The first-order chi connectivity index (χ1) is 9.92. The number of ether oxygens (including phenoxy) is 3. The standard InChI is InChI=1S/C16H16O3S/c1-2-4-14(5-3-1)20-9-8-17-11-13-6-7-15-16(10-13)19-12-18-15/h1-7,10H,8-9,11-12H2. The summed E-state index contributed by atoms with van der Waals surface area (Å²) >= 11 is 1.81. The van der Waals surface area contributed by atoms with Crippen LogP contribution in [0.25, 0.3) is 0 Å². The summed E-state index contributed by atoms with van der Waals surface area (Å²) in [6.45, 7) is 1.65. The number of fused-ring (bicyclic) bond motifs is 1. The molecule has 0 atom stereocenters. The Balaban J connectivity index is 1.40. The van der Waals surface area contributed by atoms with E-state index in [1.165, 1.54) is 4.90 Å². The minimum absolute atomic E-state index is 0.313. The molecule has 2 aromatic rings. The largest absolute Gasteiger partial charge is 0.454 e. The third-order valence-corrected chi connectivity index (χ3v) is 3.92. The van der Waals surface area contributed by atoms with Crippen molar-refractivity contribution in [3.05, 3.63) is 54.1 Å². The van der Waals surface area contributed by atoms with Gasteiger partial charge < -0.3 is 14.2 Å². The van der Waals surface area contributed by atoms with E-state index in [0.29, 0.717) is 13.4 Å². The zero-order valence-electron chi connectivity index (χ0n) is 11.1. The highest BCUT2D eigenvalue weighted by Gasteiger charge is 2.12. The van der Waals surface area contributed by atoms with Gasteiger partial charge in [0, 0.05) is 10.6 Å². The van der Waals surface area contributed by atoms with E-state index in [2.05, 4.69) is 24.3 Å². The smallest absolute Gasteiger partial charge is 0.231 e. The molecule has 0 aliphatic carbocycles. The highest BCUT2D eigenvalue weighted by atomic mass is 32.2. The van der Waals surface area contributed by atoms with Gasteiger partial charge in [-0.1, -0.05) is 24.3 Å². The van der Waals surface area contributed by atoms with E-state index < -0.39 is 0 Å². The van der Waals surface area contributed by atoms with Gasteiger partial charge >= 0.3 is 0 Å². The molecule has 0 spiro atoms. The molecule has 0 radical (unpaired) electrons. The van der Waals surface area contributed by atoms with Crippen LogP contribution in [-0.4, -0.2) is 19.2 Å². The van der Waals surface area contributed by atoms with Crippen LogP contribution in [-0.2, 0) is 11.3 Å². The molecule has 2 aromatic carbocycles. The molecule has 4 heteroatoms. The maximum Gasteiger partial charge on any atom is 0.231 e. The molecule has 0 amide bonds. The summed E-state index contributed by atoms with van der Waals surface area (Å²) in [7, 11) is 0. The van der Waals surface area contributed by atoms with E-state index in [1.807, 2.05) is 24.3 Å². The first kappa shape index (κ1) is 13.3. The van der Waals surface area contributed by atoms with Gasteiger partial charge in [0.2, 0.25) is 6.79 Å². The zero-order valence-corrected chi connectivity index (χ0v) is 11.9. The van der Waals surface area contributed by atoms with Crippen LogP contribution in [0.2, 0.25) is 0 Å². The molecule has 0 saturated carbocycles. The molecule has 1 aliphatic heterocycles. The molecule has 20 heavy (non-hydrogen) atoms. The number of thioether (sulfide) groups is 1. The summed E-state index contributed by atoms with van der Waals surface area (Å²) < 4.78 is 16.3. The monoisotopic (exact) mass is 288 g/mol. The van der Waals surface area contributed by atoms with Gasteiger partial charge in [-0.25, -0.2) is 0 Å². The lowest BCUT2D eigenvalue weighted by molar-refractivity contribution is 0.136. The van der Waals surface area contributed by atoms with Gasteiger partial charge in [-0.3, -0.25) is 0 Å². The lowest BCUT2D eigenvalue weighted by atomic mass is 10.2. The predicted molar refractivity (Wildman–Crippen MR) is 79.4 cm³/mol. The first-order valence-corrected chi connectivity index (χ1v) is 7.54. The Morgan fingerprint density at radius 1 is 1.00 bits per heavy atom. The molecule has 3 rings (SSSR count). The van der Waals surface area contributed by atoms with Crippen LogP contribution >= 0.6 is 11.8 Å². The fourth-order valence-corrected chi connectivity index (χ4v) is 2.74. The third kappa shape index (κ3) is 3.46. The predicted octanol–water partition coefficient (Wildman–Crippen LogP) is 3.72. The van der Waals surface area contributed by atoms with Gasteiger partial charge in [0.15, 0.2) is 11.5 Å². The number of benzene rings is 2. The number of hydrogen-bond donors (Lipinski definition) is 0. The maximum atomic E-state index is 5.68. The van der Waals surface area contributed by atoms with Gasteiger partial charge in [0.1, 0.15) is 0 Å². The minimum atomic E-state index is 0.313. The van der Waals surface area contributed by atoms with Gasteiger partial charge in [0.05, 0.1) is 13.2 Å². The topological polar surface area (TPSA) is 27.7 Å². The van der Waals surface area contributed by atoms with Gasteiger partial charge in [-0.05, 0) is 29.8 Å². The molecule has 0 fully saturated rings. The summed E-state index contributed by atoms with van der Waals surface area (Å²) in [6.07, 6.45) is 0. The normalized spacial score (nSPS) is 12.6. The van der Waals surface area contributed by atoms with E-state index in [1.54, 1.807) is 11.8 Å². The highest BCUT2D eigenvalue weighted by Crippen LogP contribution is 2.32. The van der Waals surface area contributed by atoms with Crippen molar-refractivity contribution < 1.29 is 14.2 Å². The van der Waals surface area contributed by atoms with Crippen LogP contribution in [0.15, 0.2) is 53.4 Å². The second-order valence-corrected chi connectivity index (χ2v) is 5.57. The Morgan fingerprint density at radius 2 is 1.85 bits per heavy atom. The molecule has 0 saturated heterocycles. The van der Waals surface area contributed by atoms with E-state index in [4.69, 9.17) is 14.2 Å². The van der Waals surface area contributed by atoms with Crippen LogP contribution in [0.1, 0.15) is 5.56 Å². The quantitative estimate of drug-likeness (QED) is 0.598. The van der Waals surface area contributed by atoms with Gasteiger partial charge in [-0.2, -0.15) is 0 Å². The molecule has 1 aliphatic rings. The van der Waals surface area contributed by atoms with E-state index >= 15 is 0 Å². The maximum absolute atomic E-state index is 5.68. The average molecular weight is 288 g/mol. The second-order valence-electron chi connectivity index (χ2n) is 4.40. The highest BCUT2D eigenvalue weighted by molar-refractivity contribution is 7.99. The van der Waals surface area contributed by atoms with E-state index in [9.17, 15) is 0 Å². The number of hydrogen-bond acceptors (Lipinski definition) is 4. The lowest BCUT2D eigenvalue weighted by Crippen LogP contribution is -1.98. The van der Waals surface area contributed by atoms with Crippen molar-refractivity contribution in [2.24, 2.45) is 0 Å². The summed E-state index contributed by atoms with van der Waals surface area (Å²) in [5.74, 6) is 2.58. The van der Waals surface area contributed by atoms with Crippen molar-refractivity contribution in [1.82, 2.24) is 0 Å². The Bertz CT molecular complexity index is 557. The lowest BCUT2D eigenvalue weighted by Gasteiger charge is -2.05. The van der Waals surface area contributed by atoms with Crippen LogP contribution in [0.5, 0.6) is 11.5 Å². The molecule has 3 nitrogen and oxygen atoms in total. The summed E-state index contributed by atoms with van der Waals surface area (Å²) in [5, 5.41) is 0. The van der Waals surface area contributed by atoms with Crippen LogP contribution in [0.3, 0.4) is 0 Å². The summed E-state index contributed by atoms with van der Waals surface area (Å²) in [5.41, 5.74) is 1.11. The molecular weight excluding hydrogens is 272 g/mol. The Kier molecular flexibility index (Phi) is 4.46. The van der Waals surface area contributed by atoms with Crippen LogP contribution in [0, 0.1) is 0 Å². The summed E-state index contributed by atoms with van der Waals surface area (Å²) in [4.78, 5) is 1.28. The summed E-state index contributed by atoms with van der Waals surface area (Å²) in [6, 6.07) is 16.3. The fraction of sp³-hybridized carbons (Fsp3) is 0.250. The van der Waals surface area contributed by atoms with Crippen molar-refractivity contribution in [2.45, 2.75) is 11.5 Å². The van der Waals surface area contributed by atoms with Gasteiger partial charge in [-0.15, -0.1) is 11.8 Å². The zero-order chi connectivity index (χ0) is 13.6. The second kappa shape index (κ2) is 6.68.